The van der Waals surface area contributed by atoms with Gasteiger partial charge in [-0.25, -0.2) is 8.99 Å². The fraction of sp³-hybridized carbons (Fsp3) is 0.368. The highest BCUT2D eigenvalue weighted by molar-refractivity contribution is 7.93. The lowest BCUT2D eigenvalue weighted by atomic mass is 10.1. The lowest BCUT2D eigenvalue weighted by Gasteiger charge is -2.18. The Labute approximate surface area is 173 Å². The maximum Gasteiger partial charge on any atom is 0.483 e. The Morgan fingerprint density at radius 3 is 2.31 bits per heavy atom. The maximum atomic E-state index is 13.1. The van der Waals surface area contributed by atoms with Gasteiger partial charge in [-0.05, 0) is 54.8 Å². The van der Waals surface area contributed by atoms with Crippen molar-refractivity contribution >= 4 is 21.3 Å². The van der Waals surface area contributed by atoms with Crippen LogP contribution in [0.4, 0.5) is 13.2 Å². The van der Waals surface area contributed by atoms with Crippen LogP contribution in [0.15, 0.2) is 35.2 Å². The number of hydrogen-bond donors (Lipinski definition) is 2. The number of rotatable bonds is 8. The average Bonchev–Trinajstić information content (AvgIpc) is 2.62. The van der Waals surface area contributed by atoms with E-state index in [1.807, 2.05) is 25.1 Å². The largest absolute Gasteiger partial charge is 0.496 e. The van der Waals surface area contributed by atoms with Crippen LogP contribution in [0.1, 0.15) is 16.7 Å². The van der Waals surface area contributed by atoms with Crippen LogP contribution >= 0.6 is 11.6 Å². The molecular weight excluding hydrogens is 429 g/mol. The predicted octanol–water partition coefficient (Wildman–Crippen LogP) is 4.92. The molecule has 1 atom stereocenters. The quantitative estimate of drug-likeness (QED) is 0.560. The Bertz CT molecular complexity index is 959. The van der Waals surface area contributed by atoms with Gasteiger partial charge in [0.15, 0.2) is 9.73 Å². The van der Waals surface area contributed by atoms with E-state index in [-0.39, 0.29) is 11.5 Å². The lowest BCUT2D eigenvalue weighted by molar-refractivity contribution is -0.0407. The van der Waals surface area contributed by atoms with E-state index >= 15 is 0 Å². The minimum absolute atomic E-state index is 0.116. The first kappa shape index (κ1) is 23.3. The zero-order valence-corrected chi connectivity index (χ0v) is 17.7. The topological polar surface area (TPSA) is 71.4 Å². The van der Waals surface area contributed by atoms with Gasteiger partial charge in [-0.3, -0.25) is 0 Å². The molecule has 29 heavy (non-hydrogen) atoms. The molecule has 0 spiro atoms. The van der Waals surface area contributed by atoms with Gasteiger partial charge in [0, 0.05) is 17.6 Å². The van der Waals surface area contributed by atoms with Crippen molar-refractivity contribution in [1.29, 1.82) is 4.78 Å². The molecule has 0 saturated carbocycles. The zero-order chi connectivity index (χ0) is 21.8. The van der Waals surface area contributed by atoms with Crippen LogP contribution in [-0.2, 0) is 22.7 Å². The third-order valence-electron chi connectivity index (χ3n) is 4.20. The van der Waals surface area contributed by atoms with Crippen LogP contribution in [0, 0.1) is 11.7 Å². The van der Waals surface area contributed by atoms with Crippen LogP contribution in [-0.4, -0.2) is 30.5 Å². The van der Waals surface area contributed by atoms with Gasteiger partial charge in [0.05, 0.1) is 14.2 Å². The Hall–Kier alpha value is -1.97. The molecule has 0 aliphatic carbocycles. The Morgan fingerprint density at radius 1 is 1.10 bits per heavy atom. The third kappa shape index (κ3) is 5.55. The van der Waals surface area contributed by atoms with Crippen molar-refractivity contribution in [3.05, 3.63) is 52.0 Å². The standard InChI is InChI=1S/C19H22ClF3N2O3S/c1-12-6-13(8-15(20)7-12)11-25-5-4-14-9-17(28-3)18(10-16(14)27-2)29(24,26)19(21,22)23/h6-10,24-25H,4-5,11H2,1-3H3. The molecule has 0 aliphatic heterocycles. The highest BCUT2D eigenvalue weighted by Crippen LogP contribution is 2.39. The number of ether oxygens (including phenoxy) is 2. The molecule has 2 aromatic rings. The lowest BCUT2D eigenvalue weighted by Crippen LogP contribution is -2.23. The monoisotopic (exact) mass is 450 g/mol. The summed E-state index contributed by atoms with van der Waals surface area (Å²) in [7, 11) is -2.60. The van der Waals surface area contributed by atoms with Gasteiger partial charge in [-0.1, -0.05) is 17.7 Å². The van der Waals surface area contributed by atoms with Crippen molar-refractivity contribution in [2.45, 2.75) is 30.3 Å². The Morgan fingerprint density at radius 2 is 1.76 bits per heavy atom. The van der Waals surface area contributed by atoms with Crippen LogP contribution in [0.3, 0.4) is 0 Å². The number of benzene rings is 2. The second kappa shape index (κ2) is 9.23. The fourth-order valence-corrected chi connectivity index (χ4v) is 4.11. The average molecular weight is 451 g/mol. The maximum absolute atomic E-state index is 13.1. The Kier molecular flexibility index (Phi) is 7.42. The summed E-state index contributed by atoms with van der Waals surface area (Å²) in [5.41, 5.74) is -2.60. The summed E-state index contributed by atoms with van der Waals surface area (Å²) < 4.78 is 68.7. The van der Waals surface area contributed by atoms with Crippen molar-refractivity contribution in [2.75, 3.05) is 20.8 Å². The summed E-state index contributed by atoms with van der Waals surface area (Å²) in [4.78, 5) is -0.754. The van der Waals surface area contributed by atoms with Crippen LogP contribution in [0.25, 0.3) is 0 Å². The molecule has 0 heterocycles. The first-order valence-corrected chi connectivity index (χ1v) is 10.5. The number of alkyl halides is 3. The van der Waals surface area contributed by atoms with Gasteiger partial charge in [-0.2, -0.15) is 13.2 Å². The normalized spacial score (nSPS) is 13.8. The second-order valence-electron chi connectivity index (χ2n) is 6.38. The molecule has 0 saturated heterocycles. The van der Waals surface area contributed by atoms with Gasteiger partial charge in [0.2, 0.25) is 0 Å². The molecule has 2 N–H and O–H groups in total. The molecule has 0 fully saturated rings. The summed E-state index contributed by atoms with van der Waals surface area (Å²) in [6.45, 7) is 3.01. The first-order chi connectivity index (χ1) is 13.5. The molecule has 0 radical (unpaired) electrons. The van der Waals surface area contributed by atoms with Crippen molar-refractivity contribution in [3.63, 3.8) is 0 Å². The number of nitrogens with one attached hydrogen (secondary N) is 2. The smallest absolute Gasteiger partial charge is 0.483 e. The molecule has 2 rings (SSSR count). The van der Waals surface area contributed by atoms with Crippen molar-refractivity contribution < 1.29 is 26.9 Å². The SMILES string of the molecule is COc1cc(S(=N)(=O)C(F)(F)F)c(OC)cc1CCNCc1cc(C)cc(Cl)c1. The molecule has 0 aromatic heterocycles. The first-order valence-electron chi connectivity index (χ1n) is 8.56. The zero-order valence-electron chi connectivity index (χ0n) is 16.2. The minimum atomic E-state index is -5.22. The highest BCUT2D eigenvalue weighted by Gasteiger charge is 2.45. The number of methoxy groups -OCH3 is 2. The van der Waals surface area contributed by atoms with E-state index in [2.05, 4.69) is 5.32 Å². The molecule has 0 amide bonds. The van der Waals surface area contributed by atoms with Crippen LogP contribution in [0.2, 0.25) is 5.02 Å². The fourth-order valence-electron chi connectivity index (χ4n) is 2.85. The molecule has 160 valence electrons. The van der Waals surface area contributed by atoms with E-state index in [0.717, 1.165) is 17.2 Å². The molecule has 5 nitrogen and oxygen atoms in total. The number of aryl methyl sites for hydroxylation is 1. The molecule has 10 heteroatoms. The summed E-state index contributed by atoms with van der Waals surface area (Å²) in [6, 6.07) is 8.01. The number of hydrogen-bond acceptors (Lipinski definition) is 5. The van der Waals surface area contributed by atoms with Crippen molar-refractivity contribution in [2.24, 2.45) is 0 Å². The van der Waals surface area contributed by atoms with Gasteiger partial charge in [0.1, 0.15) is 16.4 Å². The molecular formula is C19H22ClF3N2O3S. The molecule has 2 aromatic carbocycles. The van der Waals surface area contributed by atoms with Crippen LogP contribution in [0.5, 0.6) is 11.5 Å². The summed E-state index contributed by atoms with van der Waals surface area (Å²) in [6.07, 6.45) is 0.421. The molecule has 1 unspecified atom stereocenters. The summed E-state index contributed by atoms with van der Waals surface area (Å²) in [5, 5.41) is 3.88. The van der Waals surface area contributed by atoms with Gasteiger partial charge >= 0.3 is 5.51 Å². The Balaban J connectivity index is 2.19. The van der Waals surface area contributed by atoms with Crippen molar-refractivity contribution in [3.8, 4) is 11.5 Å². The molecule has 0 bridgehead atoms. The summed E-state index contributed by atoms with van der Waals surface area (Å²) >= 11 is 6.04. The van der Waals surface area contributed by atoms with E-state index in [4.69, 9.17) is 25.9 Å². The highest BCUT2D eigenvalue weighted by atomic mass is 35.5. The third-order valence-corrected chi connectivity index (χ3v) is 6.01. The number of halogens is 4. The van der Waals surface area contributed by atoms with E-state index in [0.29, 0.717) is 30.1 Å². The van der Waals surface area contributed by atoms with E-state index in [9.17, 15) is 17.4 Å². The van der Waals surface area contributed by atoms with Gasteiger partial charge < -0.3 is 14.8 Å². The molecule has 0 aliphatic rings. The second-order valence-corrected chi connectivity index (χ2v) is 8.83. The van der Waals surface area contributed by atoms with Crippen LogP contribution < -0.4 is 14.8 Å². The van der Waals surface area contributed by atoms with E-state index in [1.54, 1.807) is 0 Å². The minimum Gasteiger partial charge on any atom is -0.496 e. The summed E-state index contributed by atoms with van der Waals surface area (Å²) in [5.74, 6) is -0.144. The van der Waals surface area contributed by atoms with Gasteiger partial charge in [0.25, 0.3) is 0 Å². The predicted molar refractivity (Wildman–Crippen MR) is 106 cm³/mol. The van der Waals surface area contributed by atoms with Crippen molar-refractivity contribution in [1.82, 2.24) is 5.32 Å². The van der Waals surface area contributed by atoms with Gasteiger partial charge in [-0.15, -0.1) is 0 Å². The van der Waals surface area contributed by atoms with E-state index in [1.165, 1.54) is 20.3 Å². The van der Waals surface area contributed by atoms with E-state index < -0.39 is 20.1 Å².